The van der Waals surface area contributed by atoms with Crippen LogP contribution in [0.3, 0.4) is 0 Å². The van der Waals surface area contributed by atoms with Gasteiger partial charge in [-0.2, -0.15) is 0 Å². The van der Waals surface area contributed by atoms with Crippen LogP contribution in [0.2, 0.25) is 0 Å². The second kappa shape index (κ2) is 15.1. The van der Waals surface area contributed by atoms with Crippen LogP contribution in [0, 0.1) is 5.41 Å². The highest BCUT2D eigenvalue weighted by molar-refractivity contribution is 5.81. The summed E-state index contributed by atoms with van der Waals surface area (Å²) < 4.78 is 31.0. The molecule has 0 aliphatic rings. The topological polar surface area (TPSA) is 80.8 Å². The molecule has 0 rings (SSSR count). The first-order valence-electron chi connectivity index (χ1n) is 10.6. The zero-order valence-corrected chi connectivity index (χ0v) is 19.5. The summed E-state index contributed by atoms with van der Waals surface area (Å²) in [5, 5.41) is 9.16. The number of carbonyl (C=O) groups is 1. The van der Waals surface area contributed by atoms with E-state index in [-0.39, 0.29) is 12.5 Å². The number of hydrogen-bond acceptors (Lipinski definition) is 6. The molecule has 0 saturated carbocycles. The standard InChI is InChI=1S/C21H44FN3O4/c1-17(2)24-10-13-27-11-8-23-9-12-28-14-15-29-21(6,7)18(22)16-25-19(26)20(3,4)5/h17-18,23-24H,8-16H2,1-7H3,(H,25,26). The quantitative estimate of drug-likeness (QED) is 0.311. The van der Waals surface area contributed by atoms with Gasteiger partial charge < -0.3 is 30.2 Å². The molecule has 0 aromatic heterocycles. The van der Waals surface area contributed by atoms with E-state index in [0.717, 1.165) is 19.6 Å². The molecule has 0 spiro atoms. The highest BCUT2D eigenvalue weighted by Gasteiger charge is 2.32. The van der Waals surface area contributed by atoms with Gasteiger partial charge in [-0.1, -0.05) is 34.6 Å². The maximum absolute atomic E-state index is 14.4. The minimum atomic E-state index is -1.30. The Balaban J connectivity index is 3.62. The first-order valence-corrected chi connectivity index (χ1v) is 10.6. The molecular weight excluding hydrogens is 377 g/mol. The number of amides is 1. The van der Waals surface area contributed by atoms with E-state index in [4.69, 9.17) is 14.2 Å². The average Bonchev–Trinajstić information content (AvgIpc) is 2.61. The van der Waals surface area contributed by atoms with Crippen LogP contribution in [-0.2, 0) is 19.0 Å². The number of halogens is 1. The fourth-order valence-electron chi connectivity index (χ4n) is 2.18. The van der Waals surface area contributed by atoms with Crippen molar-refractivity contribution in [2.45, 2.75) is 66.3 Å². The summed E-state index contributed by atoms with van der Waals surface area (Å²) in [6.45, 7) is 17.9. The molecule has 0 fully saturated rings. The Morgan fingerprint density at radius 1 is 0.897 bits per heavy atom. The van der Waals surface area contributed by atoms with Gasteiger partial charge in [0.1, 0.15) is 6.17 Å². The Labute approximate surface area is 176 Å². The van der Waals surface area contributed by atoms with E-state index in [9.17, 15) is 9.18 Å². The predicted octanol–water partition coefficient (Wildman–Crippen LogP) is 1.90. The van der Waals surface area contributed by atoms with E-state index in [0.29, 0.717) is 39.1 Å². The lowest BCUT2D eigenvalue weighted by Crippen LogP contribution is -2.46. The summed E-state index contributed by atoms with van der Waals surface area (Å²) in [4.78, 5) is 11.8. The van der Waals surface area contributed by atoms with Gasteiger partial charge in [-0.25, -0.2) is 4.39 Å². The van der Waals surface area contributed by atoms with E-state index in [1.165, 1.54) is 0 Å². The maximum Gasteiger partial charge on any atom is 0.225 e. The zero-order chi connectivity index (χ0) is 22.3. The lowest BCUT2D eigenvalue weighted by atomic mass is 9.95. The van der Waals surface area contributed by atoms with Crippen molar-refractivity contribution in [2.75, 3.05) is 59.2 Å². The third-order valence-corrected chi connectivity index (χ3v) is 4.22. The van der Waals surface area contributed by atoms with Gasteiger partial charge in [0.05, 0.1) is 45.2 Å². The molecule has 0 saturated heterocycles. The molecule has 1 amide bonds. The van der Waals surface area contributed by atoms with Crippen molar-refractivity contribution >= 4 is 5.91 Å². The molecule has 0 bridgehead atoms. The summed E-state index contributed by atoms with van der Waals surface area (Å²) >= 11 is 0. The third-order valence-electron chi connectivity index (χ3n) is 4.22. The summed E-state index contributed by atoms with van der Waals surface area (Å²) in [6.07, 6.45) is -1.30. The summed E-state index contributed by atoms with van der Waals surface area (Å²) in [5.74, 6) is -0.176. The number of carbonyl (C=O) groups excluding carboxylic acids is 1. The summed E-state index contributed by atoms with van der Waals surface area (Å²) in [7, 11) is 0. The Hall–Kier alpha value is -0.800. The molecule has 174 valence electrons. The minimum Gasteiger partial charge on any atom is -0.379 e. The van der Waals surface area contributed by atoms with E-state index >= 15 is 0 Å². The van der Waals surface area contributed by atoms with Crippen LogP contribution in [0.15, 0.2) is 0 Å². The third kappa shape index (κ3) is 15.7. The van der Waals surface area contributed by atoms with Gasteiger partial charge in [0.15, 0.2) is 0 Å². The van der Waals surface area contributed by atoms with Crippen molar-refractivity contribution in [3.8, 4) is 0 Å². The second-order valence-electron chi connectivity index (χ2n) is 8.96. The molecular formula is C21H44FN3O4. The van der Waals surface area contributed by atoms with Gasteiger partial charge in [-0.15, -0.1) is 0 Å². The van der Waals surface area contributed by atoms with Crippen LogP contribution in [-0.4, -0.2) is 82.9 Å². The van der Waals surface area contributed by atoms with Gasteiger partial charge in [0.25, 0.3) is 0 Å². The van der Waals surface area contributed by atoms with Crippen LogP contribution in [0.25, 0.3) is 0 Å². The van der Waals surface area contributed by atoms with E-state index in [2.05, 4.69) is 29.8 Å². The fourth-order valence-corrected chi connectivity index (χ4v) is 2.18. The molecule has 29 heavy (non-hydrogen) atoms. The van der Waals surface area contributed by atoms with Gasteiger partial charge >= 0.3 is 0 Å². The van der Waals surface area contributed by atoms with Crippen LogP contribution >= 0.6 is 0 Å². The molecule has 8 heteroatoms. The van der Waals surface area contributed by atoms with Crippen molar-refractivity contribution in [3.63, 3.8) is 0 Å². The molecule has 0 aromatic carbocycles. The Morgan fingerprint density at radius 3 is 2.00 bits per heavy atom. The van der Waals surface area contributed by atoms with Crippen LogP contribution in [0.5, 0.6) is 0 Å². The van der Waals surface area contributed by atoms with Crippen molar-refractivity contribution < 1.29 is 23.4 Å². The summed E-state index contributed by atoms with van der Waals surface area (Å²) in [6, 6.07) is 0.480. The van der Waals surface area contributed by atoms with Crippen molar-refractivity contribution in [2.24, 2.45) is 5.41 Å². The largest absolute Gasteiger partial charge is 0.379 e. The van der Waals surface area contributed by atoms with E-state index in [1.807, 2.05) is 0 Å². The minimum absolute atomic E-state index is 0.0660. The molecule has 0 aromatic rings. The first kappa shape index (κ1) is 28.2. The van der Waals surface area contributed by atoms with Gasteiger partial charge in [-0.05, 0) is 13.8 Å². The monoisotopic (exact) mass is 421 g/mol. The van der Waals surface area contributed by atoms with E-state index < -0.39 is 17.2 Å². The Bertz CT molecular complexity index is 429. The van der Waals surface area contributed by atoms with Gasteiger partial charge in [0, 0.05) is 31.1 Å². The normalized spacial score (nSPS) is 13.7. The number of ether oxygens (including phenoxy) is 3. The number of alkyl halides is 1. The van der Waals surface area contributed by atoms with Gasteiger partial charge in [-0.3, -0.25) is 4.79 Å². The van der Waals surface area contributed by atoms with Crippen LogP contribution < -0.4 is 16.0 Å². The molecule has 0 heterocycles. The van der Waals surface area contributed by atoms with Crippen molar-refractivity contribution in [1.29, 1.82) is 0 Å². The maximum atomic E-state index is 14.4. The van der Waals surface area contributed by atoms with Crippen LogP contribution in [0.4, 0.5) is 4.39 Å². The summed E-state index contributed by atoms with van der Waals surface area (Å²) in [5.41, 5.74) is -1.53. The van der Waals surface area contributed by atoms with Crippen molar-refractivity contribution in [3.05, 3.63) is 0 Å². The lowest BCUT2D eigenvalue weighted by Gasteiger charge is -2.30. The smallest absolute Gasteiger partial charge is 0.225 e. The highest BCUT2D eigenvalue weighted by Crippen LogP contribution is 2.18. The zero-order valence-electron chi connectivity index (χ0n) is 19.5. The predicted molar refractivity (Wildman–Crippen MR) is 115 cm³/mol. The Kier molecular flexibility index (Phi) is 14.7. The molecule has 7 nitrogen and oxygen atoms in total. The molecule has 0 radical (unpaired) electrons. The molecule has 0 aliphatic heterocycles. The number of nitrogens with one attached hydrogen (secondary N) is 3. The SMILES string of the molecule is CC(C)NCCOCCNCCOCCOC(C)(C)C(F)CNC(=O)C(C)(C)C. The van der Waals surface area contributed by atoms with Crippen LogP contribution in [0.1, 0.15) is 48.5 Å². The second-order valence-corrected chi connectivity index (χ2v) is 8.96. The fraction of sp³-hybridized carbons (Fsp3) is 0.952. The molecule has 1 atom stereocenters. The molecule has 0 aliphatic carbocycles. The first-order chi connectivity index (χ1) is 13.5. The number of rotatable bonds is 17. The van der Waals surface area contributed by atoms with Gasteiger partial charge in [0.2, 0.25) is 5.91 Å². The molecule has 3 N–H and O–H groups in total. The highest BCUT2D eigenvalue weighted by atomic mass is 19.1. The average molecular weight is 422 g/mol. The van der Waals surface area contributed by atoms with E-state index in [1.54, 1.807) is 34.6 Å². The molecule has 1 unspecified atom stereocenters. The Morgan fingerprint density at radius 2 is 1.45 bits per heavy atom. The van der Waals surface area contributed by atoms with Crippen molar-refractivity contribution in [1.82, 2.24) is 16.0 Å². The number of hydrogen-bond donors (Lipinski definition) is 3. The lowest BCUT2D eigenvalue weighted by molar-refractivity contribution is -0.130.